The zero-order valence-electron chi connectivity index (χ0n) is 13.0. The molecule has 0 saturated heterocycles. The number of furan rings is 1. The lowest BCUT2D eigenvalue weighted by Crippen LogP contribution is -2.49. The number of carbonyl (C=O) groups excluding carboxylic acids is 2. The van der Waals surface area contributed by atoms with Crippen molar-refractivity contribution in [2.75, 3.05) is 0 Å². The van der Waals surface area contributed by atoms with Gasteiger partial charge in [-0.15, -0.1) is 0 Å². The van der Waals surface area contributed by atoms with E-state index < -0.39 is 17.8 Å². The zero-order chi connectivity index (χ0) is 16.8. The van der Waals surface area contributed by atoms with Crippen LogP contribution in [0.1, 0.15) is 30.0 Å². The number of halogens is 1. The summed E-state index contributed by atoms with van der Waals surface area (Å²) in [5.41, 5.74) is 0.302. The fraction of sp³-hybridized carbons (Fsp3) is 0.294. The summed E-state index contributed by atoms with van der Waals surface area (Å²) in [6, 6.07) is 7.96. The van der Waals surface area contributed by atoms with Crippen LogP contribution in [-0.4, -0.2) is 17.9 Å². The van der Waals surface area contributed by atoms with Crippen LogP contribution in [0.5, 0.6) is 0 Å². The molecular formula is C17H19FN2O3. The van der Waals surface area contributed by atoms with Crippen molar-refractivity contribution in [3.05, 3.63) is 59.8 Å². The summed E-state index contributed by atoms with van der Waals surface area (Å²) in [7, 11) is 0. The molecule has 0 unspecified atom stereocenters. The fourth-order valence-corrected chi connectivity index (χ4v) is 2.06. The molecule has 0 fully saturated rings. The summed E-state index contributed by atoms with van der Waals surface area (Å²) >= 11 is 0. The normalized spacial score (nSPS) is 12.0. The summed E-state index contributed by atoms with van der Waals surface area (Å²) in [6.07, 6.45) is 1.53. The molecule has 0 spiro atoms. The lowest BCUT2D eigenvalue weighted by Gasteiger charge is -2.21. The molecule has 2 rings (SSSR count). The van der Waals surface area contributed by atoms with E-state index in [1.807, 2.05) is 13.8 Å². The summed E-state index contributed by atoms with van der Waals surface area (Å²) in [4.78, 5) is 24.4. The number of rotatable bonds is 6. The molecular weight excluding hydrogens is 299 g/mol. The average molecular weight is 318 g/mol. The number of carbonyl (C=O) groups is 2. The average Bonchev–Trinajstić information content (AvgIpc) is 3.03. The van der Waals surface area contributed by atoms with Crippen molar-refractivity contribution in [3.8, 4) is 0 Å². The topological polar surface area (TPSA) is 71.3 Å². The van der Waals surface area contributed by atoms with Gasteiger partial charge in [-0.2, -0.15) is 0 Å². The maximum atomic E-state index is 12.9. The molecule has 23 heavy (non-hydrogen) atoms. The van der Waals surface area contributed by atoms with Gasteiger partial charge >= 0.3 is 0 Å². The zero-order valence-corrected chi connectivity index (χ0v) is 13.0. The molecule has 2 amide bonds. The van der Waals surface area contributed by atoms with Crippen molar-refractivity contribution in [2.24, 2.45) is 5.92 Å². The lowest BCUT2D eigenvalue weighted by molar-refractivity contribution is -0.124. The van der Waals surface area contributed by atoms with Gasteiger partial charge in [0.15, 0.2) is 0 Å². The van der Waals surface area contributed by atoms with Crippen molar-refractivity contribution in [1.82, 2.24) is 10.6 Å². The summed E-state index contributed by atoms with van der Waals surface area (Å²) in [5.74, 6) is -0.608. The monoisotopic (exact) mass is 318 g/mol. The molecule has 1 atom stereocenters. The Labute approximate surface area is 133 Å². The highest BCUT2D eigenvalue weighted by molar-refractivity contribution is 5.97. The molecule has 6 heteroatoms. The predicted octanol–water partition coefficient (Wildman–Crippen LogP) is 2.49. The van der Waals surface area contributed by atoms with Crippen LogP contribution in [0, 0.1) is 11.7 Å². The van der Waals surface area contributed by atoms with E-state index in [2.05, 4.69) is 10.6 Å². The highest BCUT2D eigenvalue weighted by Crippen LogP contribution is 2.07. The molecule has 0 saturated carbocycles. The number of nitrogens with one attached hydrogen (secondary N) is 2. The van der Waals surface area contributed by atoms with Gasteiger partial charge in [0, 0.05) is 5.56 Å². The van der Waals surface area contributed by atoms with Crippen LogP contribution >= 0.6 is 0 Å². The van der Waals surface area contributed by atoms with Gasteiger partial charge in [-0.25, -0.2) is 4.39 Å². The summed E-state index contributed by atoms with van der Waals surface area (Å²) in [6.45, 7) is 3.92. The first-order chi connectivity index (χ1) is 11.0. The van der Waals surface area contributed by atoms with Gasteiger partial charge < -0.3 is 15.1 Å². The van der Waals surface area contributed by atoms with Crippen LogP contribution in [0.2, 0.25) is 0 Å². The van der Waals surface area contributed by atoms with Crippen molar-refractivity contribution < 1.29 is 18.4 Å². The SMILES string of the molecule is CC(C)[C@@H](NC(=O)c1ccc(F)cc1)C(=O)NCc1ccco1. The van der Waals surface area contributed by atoms with Crippen LogP contribution in [0.4, 0.5) is 4.39 Å². The molecule has 5 nitrogen and oxygen atoms in total. The molecule has 0 bridgehead atoms. The highest BCUT2D eigenvalue weighted by atomic mass is 19.1. The van der Waals surface area contributed by atoms with Gasteiger partial charge in [0.05, 0.1) is 12.8 Å². The maximum absolute atomic E-state index is 12.9. The van der Waals surface area contributed by atoms with E-state index in [0.717, 1.165) is 0 Å². The van der Waals surface area contributed by atoms with Gasteiger partial charge in [-0.1, -0.05) is 13.8 Å². The highest BCUT2D eigenvalue weighted by Gasteiger charge is 2.24. The Hall–Kier alpha value is -2.63. The molecule has 0 aliphatic carbocycles. The van der Waals surface area contributed by atoms with E-state index in [-0.39, 0.29) is 18.4 Å². The van der Waals surface area contributed by atoms with E-state index in [0.29, 0.717) is 11.3 Å². The third kappa shape index (κ3) is 4.67. The van der Waals surface area contributed by atoms with Crippen molar-refractivity contribution in [1.29, 1.82) is 0 Å². The smallest absolute Gasteiger partial charge is 0.251 e. The standard InChI is InChI=1S/C17H19FN2O3/c1-11(2)15(17(22)19-10-14-4-3-9-23-14)20-16(21)12-5-7-13(18)8-6-12/h3-9,11,15H,10H2,1-2H3,(H,19,22)(H,20,21)/t15-/m1/s1. The molecule has 1 aromatic carbocycles. The van der Waals surface area contributed by atoms with Gasteiger partial charge in [0.1, 0.15) is 17.6 Å². The van der Waals surface area contributed by atoms with Gasteiger partial charge in [0.2, 0.25) is 5.91 Å². The van der Waals surface area contributed by atoms with Crippen LogP contribution < -0.4 is 10.6 Å². The minimum absolute atomic E-state index is 0.101. The van der Waals surface area contributed by atoms with Crippen molar-refractivity contribution in [2.45, 2.75) is 26.4 Å². The Morgan fingerprint density at radius 3 is 2.43 bits per heavy atom. The van der Waals surface area contributed by atoms with Gasteiger partial charge in [-0.05, 0) is 42.3 Å². The second-order valence-electron chi connectivity index (χ2n) is 5.50. The van der Waals surface area contributed by atoms with E-state index in [1.54, 1.807) is 12.1 Å². The predicted molar refractivity (Wildman–Crippen MR) is 83.0 cm³/mol. The molecule has 1 aromatic heterocycles. The Morgan fingerprint density at radius 2 is 1.87 bits per heavy atom. The molecule has 2 aromatic rings. The minimum Gasteiger partial charge on any atom is -0.467 e. The third-order valence-corrected chi connectivity index (χ3v) is 3.36. The Balaban J connectivity index is 1.98. The quantitative estimate of drug-likeness (QED) is 0.859. The van der Waals surface area contributed by atoms with Gasteiger partial charge in [0.25, 0.3) is 5.91 Å². The first-order valence-corrected chi connectivity index (χ1v) is 7.34. The van der Waals surface area contributed by atoms with Crippen molar-refractivity contribution >= 4 is 11.8 Å². The fourth-order valence-electron chi connectivity index (χ4n) is 2.06. The Kier molecular flexibility index (Phi) is 5.51. The van der Waals surface area contributed by atoms with Crippen LogP contribution in [0.25, 0.3) is 0 Å². The summed E-state index contributed by atoms with van der Waals surface area (Å²) < 4.78 is 18.0. The molecule has 0 radical (unpaired) electrons. The Bertz CT molecular complexity index is 651. The van der Waals surface area contributed by atoms with Crippen LogP contribution in [-0.2, 0) is 11.3 Å². The molecule has 2 N–H and O–H groups in total. The van der Waals surface area contributed by atoms with E-state index in [1.165, 1.54) is 30.5 Å². The first kappa shape index (κ1) is 16.7. The van der Waals surface area contributed by atoms with Crippen LogP contribution in [0.15, 0.2) is 47.1 Å². The molecule has 1 heterocycles. The van der Waals surface area contributed by atoms with Gasteiger partial charge in [-0.3, -0.25) is 9.59 Å². The number of hydrogen-bond donors (Lipinski definition) is 2. The molecule has 0 aliphatic heterocycles. The van der Waals surface area contributed by atoms with E-state index >= 15 is 0 Å². The van der Waals surface area contributed by atoms with E-state index in [4.69, 9.17) is 4.42 Å². The van der Waals surface area contributed by atoms with Crippen molar-refractivity contribution in [3.63, 3.8) is 0 Å². The molecule has 0 aliphatic rings. The lowest BCUT2D eigenvalue weighted by atomic mass is 10.0. The first-order valence-electron chi connectivity index (χ1n) is 7.34. The second kappa shape index (κ2) is 7.58. The number of benzene rings is 1. The molecule has 122 valence electrons. The number of amides is 2. The Morgan fingerprint density at radius 1 is 1.17 bits per heavy atom. The minimum atomic E-state index is -0.692. The van der Waals surface area contributed by atoms with Crippen LogP contribution in [0.3, 0.4) is 0 Å². The largest absolute Gasteiger partial charge is 0.467 e. The second-order valence-corrected chi connectivity index (χ2v) is 5.50. The maximum Gasteiger partial charge on any atom is 0.251 e. The van der Waals surface area contributed by atoms with E-state index in [9.17, 15) is 14.0 Å². The summed E-state index contributed by atoms with van der Waals surface area (Å²) in [5, 5.41) is 5.40. The number of hydrogen-bond acceptors (Lipinski definition) is 3. The third-order valence-electron chi connectivity index (χ3n) is 3.36.